The van der Waals surface area contributed by atoms with Crippen molar-refractivity contribution < 1.29 is 8.78 Å². The lowest BCUT2D eigenvalue weighted by atomic mass is 10.2. The highest BCUT2D eigenvalue weighted by Crippen LogP contribution is 2.22. The van der Waals surface area contributed by atoms with Crippen molar-refractivity contribution >= 4 is 11.3 Å². The largest absolute Gasteiger partial charge is 0.330 e. The molecule has 0 spiro atoms. The third-order valence-corrected chi connectivity index (χ3v) is 2.29. The van der Waals surface area contributed by atoms with Crippen LogP contribution in [0.4, 0.5) is 8.78 Å². The predicted molar refractivity (Wildman–Crippen MR) is 44.4 cm³/mol. The minimum absolute atomic E-state index is 0.0954. The Morgan fingerprint density at radius 3 is 2.83 bits per heavy atom. The molecule has 0 amide bonds. The molecular formula is C7H10F2N2S. The highest BCUT2D eigenvalue weighted by Gasteiger charge is 2.11. The van der Waals surface area contributed by atoms with Gasteiger partial charge in [-0.2, -0.15) is 0 Å². The van der Waals surface area contributed by atoms with Crippen LogP contribution in [0.15, 0.2) is 5.38 Å². The number of thiazole rings is 1. The van der Waals surface area contributed by atoms with Crippen molar-refractivity contribution in [3.8, 4) is 0 Å². The fourth-order valence-electron chi connectivity index (χ4n) is 0.821. The highest BCUT2D eigenvalue weighted by molar-refractivity contribution is 7.09. The Labute approximate surface area is 73.4 Å². The van der Waals surface area contributed by atoms with Gasteiger partial charge in [0.2, 0.25) is 0 Å². The normalized spacial score (nSPS) is 11.0. The van der Waals surface area contributed by atoms with Crippen LogP contribution in [0.1, 0.15) is 23.5 Å². The number of hydrogen-bond donors (Lipinski definition) is 1. The molecular weight excluding hydrogens is 182 g/mol. The number of aromatic nitrogens is 1. The molecule has 1 aromatic heterocycles. The van der Waals surface area contributed by atoms with Crippen molar-refractivity contribution in [2.75, 3.05) is 6.54 Å². The van der Waals surface area contributed by atoms with E-state index in [0.29, 0.717) is 13.0 Å². The number of hydrogen-bond acceptors (Lipinski definition) is 3. The summed E-state index contributed by atoms with van der Waals surface area (Å²) in [5, 5.41) is 1.57. The maximum Gasteiger partial charge on any atom is 0.289 e. The van der Waals surface area contributed by atoms with Gasteiger partial charge < -0.3 is 5.73 Å². The number of alkyl halides is 2. The van der Waals surface area contributed by atoms with E-state index in [1.807, 2.05) is 0 Å². The summed E-state index contributed by atoms with van der Waals surface area (Å²) < 4.78 is 24.1. The van der Waals surface area contributed by atoms with E-state index < -0.39 is 6.43 Å². The number of nitrogens with two attached hydrogens (primary N) is 1. The maximum absolute atomic E-state index is 12.0. The van der Waals surface area contributed by atoms with Crippen LogP contribution in [0, 0.1) is 0 Å². The summed E-state index contributed by atoms with van der Waals surface area (Å²) in [4.78, 5) is 3.76. The van der Waals surface area contributed by atoms with E-state index in [0.717, 1.165) is 23.5 Å². The van der Waals surface area contributed by atoms with Crippen LogP contribution >= 0.6 is 11.3 Å². The van der Waals surface area contributed by atoms with Crippen LogP contribution < -0.4 is 5.73 Å². The Kier molecular flexibility index (Phi) is 3.55. The SMILES string of the molecule is NCCCc1csc(C(F)F)n1. The van der Waals surface area contributed by atoms with Gasteiger partial charge in [-0.3, -0.25) is 0 Å². The van der Waals surface area contributed by atoms with Crippen LogP contribution in [0.3, 0.4) is 0 Å². The summed E-state index contributed by atoms with van der Waals surface area (Å²) in [6.07, 6.45) is -0.951. The van der Waals surface area contributed by atoms with Gasteiger partial charge in [-0.15, -0.1) is 11.3 Å². The molecule has 68 valence electrons. The molecule has 0 fully saturated rings. The first-order chi connectivity index (χ1) is 5.74. The fourth-order valence-corrected chi connectivity index (χ4v) is 1.52. The number of halogens is 2. The molecule has 0 unspecified atom stereocenters. The molecule has 1 heterocycles. The van der Waals surface area contributed by atoms with Crippen molar-refractivity contribution in [1.29, 1.82) is 0 Å². The zero-order valence-electron chi connectivity index (χ0n) is 6.46. The molecule has 0 aliphatic rings. The lowest BCUT2D eigenvalue weighted by Gasteiger charge is -1.92. The molecule has 0 saturated heterocycles. The third kappa shape index (κ3) is 2.49. The maximum atomic E-state index is 12.0. The Bertz CT molecular complexity index is 237. The Morgan fingerprint density at radius 1 is 1.58 bits per heavy atom. The smallest absolute Gasteiger partial charge is 0.289 e. The van der Waals surface area contributed by atoms with Crippen molar-refractivity contribution in [2.45, 2.75) is 19.3 Å². The standard InChI is InChI=1S/C7H10F2N2S/c8-6(9)7-11-5(4-12-7)2-1-3-10/h4,6H,1-3,10H2. The van der Waals surface area contributed by atoms with Crippen molar-refractivity contribution in [2.24, 2.45) is 5.73 Å². The number of rotatable bonds is 4. The fraction of sp³-hybridized carbons (Fsp3) is 0.571. The molecule has 0 aliphatic heterocycles. The van der Waals surface area contributed by atoms with E-state index in [1.165, 1.54) is 0 Å². The summed E-state index contributed by atoms with van der Waals surface area (Å²) in [5.74, 6) is 0. The molecule has 0 bridgehead atoms. The lowest BCUT2D eigenvalue weighted by Crippen LogP contribution is -2.00. The second-order valence-corrected chi connectivity index (χ2v) is 3.26. The molecule has 5 heteroatoms. The van der Waals surface area contributed by atoms with Crippen LogP contribution in [0.5, 0.6) is 0 Å². The first kappa shape index (κ1) is 9.54. The first-order valence-electron chi connectivity index (χ1n) is 3.66. The van der Waals surface area contributed by atoms with Gasteiger partial charge in [-0.1, -0.05) is 0 Å². The van der Waals surface area contributed by atoms with Gasteiger partial charge >= 0.3 is 0 Å². The second kappa shape index (κ2) is 4.47. The summed E-state index contributed by atoms with van der Waals surface area (Å²) in [5.41, 5.74) is 5.99. The predicted octanol–water partition coefficient (Wildman–Crippen LogP) is 1.97. The summed E-state index contributed by atoms with van der Waals surface area (Å²) in [6, 6.07) is 0. The molecule has 1 aromatic rings. The molecule has 1 rings (SSSR count). The Hall–Kier alpha value is -0.550. The van der Waals surface area contributed by atoms with E-state index in [-0.39, 0.29) is 5.01 Å². The molecule has 12 heavy (non-hydrogen) atoms. The van der Waals surface area contributed by atoms with Gasteiger partial charge in [-0.25, -0.2) is 13.8 Å². The molecule has 0 radical (unpaired) electrons. The third-order valence-electron chi connectivity index (χ3n) is 1.39. The molecule has 0 aromatic carbocycles. The van der Waals surface area contributed by atoms with Crippen LogP contribution in [0.2, 0.25) is 0 Å². The summed E-state index contributed by atoms with van der Waals surface area (Å²) in [6.45, 7) is 0.571. The van der Waals surface area contributed by atoms with Gasteiger partial charge in [0, 0.05) is 5.38 Å². The van der Waals surface area contributed by atoms with E-state index in [1.54, 1.807) is 5.38 Å². The summed E-state index contributed by atoms with van der Waals surface area (Å²) >= 11 is 1.01. The molecule has 0 atom stereocenters. The van der Waals surface area contributed by atoms with Gasteiger partial charge in [0.15, 0.2) is 5.01 Å². The van der Waals surface area contributed by atoms with E-state index in [2.05, 4.69) is 4.98 Å². The molecule has 2 N–H and O–H groups in total. The van der Waals surface area contributed by atoms with E-state index >= 15 is 0 Å². The Balaban J connectivity index is 2.52. The molecule has 0 saturated carbocycles. The van der Waals surface area contributed by atoms with Gasteiger partial charge in [-0.05, 0) is 19.4 Å². The second-order valence-electron chi connectivity index (χ2n) is 2.37. The van der Waals surface area contributed by atoms with E-state index in [4.69, 9.17) is 5.73 Å². The monoisotopic (exact) mass is 192 g/mol. The zero-order chi connectivity index (χ0) is 8.97. The highest BCUT2D eigenvalue weighted by atomic mass is 32.1. The lowest BCUT2D eigenvalue weighted by molar-refractivity contribution is 0.150. The quantitative estimate of drug-likeness (QED) is 0.792. The van der Waals surface area contributed by atoms with Gasteiger partial charge in [0.25, 0.3) is 6.43 Å². The number of nitrogens with zero attached hydrogens (tertiary/aromatic N) is 1. The van der Waals surface area contributed by atoms with Gasteiger partial charge in [0.1, 0.15) is 0 Å². The van der Waals surface area contributed by atoms with Crippen molar-refractivity contribution in [1.82, 2.24) is 4.98 Å². The van der Waals surface area contributed by atoms with Crippen LogP contribution in [-0.4, -0.2) is 11.5 Å². The minimum Gasteiger partial charge on any atom is -0.330 e. The summed E-state index contributed by atoms with van der Waals surface area (Å²) in [7, 11) is 0. The van der Waals surface area contributed by atoms with E-state index in [9.17, 15) is 8.78 Å². The zero-order valence-corrected chi connectivity index (χ0v) is 7.28. The van der Waals surface area contributed by atoms with Gasteiger partial charge in [0.05, 0.1) is 5.69 Å². The van der Waals surface area contributed by atoms with Crippen molar-refractivity contribution in [3.05, 3.63) is 16.1 Å². The van der Waals surface area contributed by atoms with Crippen LogP contribution in [0.25, 0.3) is 0 Å². The first-order valence-corrected chi connectivity index (χ1v) is 4.54. The average Bonchev–Trinajstić information content (AvgIpc) is 2.48. The topological polar surface area (TPSA) is 38.9 Å². The average molecular weight is 192 g/mol. The molecule has 0 aliphatic carbocycles. The minimum atomic E-state index is -2.44. The Morgan fingerprint density at radius 2 is 2.33 bits per heavy atom. The van der Waals surface area contributed by atoms with Crippen LogP contribution in [-0.2, 0) is 6.42 Å². The molecule has 2 nitrogen and oxygen atoms in total. The number of aryl methyl sites for hydroxylation is 1. The van der Waals surface area contributed by atoms with Crippen molar-refractivity contribution in [3.63, 3.8) is 0 Å².